The maximum atomic E-state index is 10.4. The van der Waals surface area contributed by atoms with Gasteiger partial charge in [0.05, 0.1) is 18.3 Å². The molecule has 0 spiro atoms. The van der Waals surface area contributed by atoms with E-state index in [1.54, 1.807) is 11.8 Å². The van der Waals surface area contributed by atoms with Crippen LogP contribution in [0.1, 0.15) is 12.0 Å². The van der Waals surface area contributed by atoms with Crippen molar-refractivity contribution in [2.24, 2.45) is 0 Å². The summed E-state index contributed by atoms with van der Waals surface area (Å²) in [5, 5.41) is 12.8. The van der Waals surface area contributed by atoms with E-state index in [9.17, 15) is 4.79 Å². The van der Waals surface area contributed by atoms with E-state index in [4.69, 9.17) is 5.11 Å². The number of aliphatic carboxylic acids is 1. The third kappa shape index (κ3) is 3.63. The standard InChI is InChI=1S/C13H14N2O2S/c16-13(17)6-7-18-10-11-8-14-15(9-11)12-4-2-1-3-5-12/h1-5,8-9H,6-7,10H2,(H,16,17). The van der Waals surface area contributed by atoms with E-state index in [1.807, 2.05) is 47.4 Å². The lowest BCUT2D eigenvalue weighted by Gasteiger charge is -1.99. The van der Waals surface area contributed by atoms with Gasteiger partial charge in [-0.05, 0) is 12.1 Å². The summed E-state index contributed by atoms with van der Waals surface area (Å²) < 4.78 is 1.83. The molecule has 94 valence electrons. The third-order valence-electron chi connectivity index (χ3n) is 2.39. The highest BCUT2D eigenvalue weighted by atomic mass is 32.2. The van der Waals surface area contributed by atoms with Gasteiger partial charge in [0.15, 0.2) is 0 Å². The van der Waals surface area contributed by atoms with Gasteiger partial charge in [-0.2, -0.15) is 16.9 Å². The lowest BCUT2D eigenvalue weighted by Crippen LogP contribution is -1.96. The highest BCUT2D eigenvalue weighted by Crippen LogP contribution is 2.14. The second kappa shape index (κ2) is 6.26. The predicted molar refractivity (Wildman–Crippen MR) is 72.0 cm³/mol. The summed E-state index contributed by atoms with van der Waals surface area (Å²) in [6.07, 6.45) is 4.00. The smallest absolute Gasteiger partial charge is 0.304 e. The fraction of sp³-hybridized carbons (Fsp3) is 0.231. The van der Waals surface area contributed by atoms with Crippen LogP contribution in [0.5, 0.6) is 0 Å². The van der Waals surface area contributed by atoms with Gasteiger partial charge < -0.3 is 5.11 Å². The zero-order valence-corrected chi connectivity index (χ0v) is 10.6. The number of carboxylic acids is 1. The lowest BCUT2D eigenvalue weighted by atomic mass is 10.3. The molecular formula is C13H14N2O2S. The zero-order valence-electron chi connectivity index (χ0n) is 9.82. The van der Waals surface area contributed by atoms with Crippen molar-refractivity contribution in [2.45, 2.75) is 12.2 Å². The van der Waals surface area contributed by atoms with Crippen LogP contribution in [-0.4, -0.2) is 26.6 Å². The molecule has 4 nitrogen and oxygen atoms in total. The Bertz CT molecular complexity index is 511. The van der Waals surface area contributed by atoms with Crippen LogP contribution in [-0.2, 0) is 10.5 Å². The molecule has 1 heterocycles. The highest BCUT2D eigenvalue weighted by Gasteiger charge is 2.02. The molecule has 0 saturated heterocycles. The molecule has 5 heteroatoms. The summed E-state index contributed by atoms with van der Waals surface area (Å²) in [5.41, 5.74) is 2.13. The number of hydrogen-bond donors (Lipinski definition) is 1. The highest BCUT2D eigenvalue weighted by molar-refractivity contribution is 7.98. The Hall–Kier alpha value is -1.75. The van der Waals surface area contributed by atoms with Crippen LogP contribution in [0.4, 0.5) is 0 Å². The Balaban J connectivity index is 1.89. The summed E-state index contributed by atoms with van der Waals surface area (Å²) in [4.78, 5) is 10.4. The minimum atomic E-state index is -0.748. The maximum Gasteiger partial charge on any atom is 0.304 e. The number of nitrogens with zero attached hydrogens (tertiary/aromatic N) is 2. The number of aromatic nitrogens is 2. The van der Waals surface area contributed by atoms with Crippen LogP contribution in [0.3, 0.4) is 0 Å². The van der Waals surface area contributed by atoms with Crippen LogP contribution < -0.4 is 0 Å². The van der Waals surface area contributed by atoms with Gasteiger partial charge in [0.1, 0.15) is 0 Å². The predicted octanol–water partition coefficient (Wildman–Crippen LogP) is 2.58. The molecule has 0 unspecified atom stereocenters. The molecule has 2 aromatic rings. The number of para-hydroxylation sites is 1. The Labute approximate surface area is 110 Å². The van der Waals surface area contributed by atoms with Crippen molar-refractivity contribution >= 4 is 17.7 Å². The SMILES string of the molecule is O=C(O)CCSCc1cnn(-c2ccccc2)c1. The molecule has 0 fully saturated rings. The molecule has 2 rings (SSSR count). The van der Waals surface area contributed by atoms with Crippen molar-refractivity contribution in [1.82, 2.24) is 9.78 Å². The van der Waals surface area contributed by atoms with Crippen molar-refractivity contribution in [3.63, 3.8) is 0 Å². The van der Waals surface area contributed by atoms with Crippen LogP contribution in [0, 0.1) is 0 Å². The zero-order chi connectivity index (χ0) is 12.8. The minimum absolute atomic E-state index is 0.206. The Morgan fingerprint density at radius 2 is 2.11 bits per heavy atom. The van der Waals surface area contributed by atoms with E-state index < -0.39 is 5.97 Å². The van der Waals surface area contributed by atoms with Gasteiger partial charge >= 0.3 is 5.97 Å². The maximum absolute atomic E-state index is 10.4. The van der Waals surface area contributed by atoms with E-state index in [2.05, 4.69) is 5.10 Å². The first-order valence-electron chi connectivity index (χ1n) is 5.64. The molecule has 0 bridgehead atoms. The number of benzene rings is 1. The summed E-state index contributed by atoms with van der Waals surface area (Å²) >= 11 is 1.61. The summed E-state index contributed by atoms with van der Waals surface area (Å²) in [6.45, 7) is 0. The molecule has 0 atom stereocenters. The van der Waals surface area contributed by atoms with Crippen molar-refractivity contribution in [3.8, 4) is 5.69 Å². The quantitative estimate of drug-likeness (QED) is 0.813. The van der Waals surface area contributed by atoms with E-state index >= 15 is 0 Å². The van der Waals surface area contributed by atoms with Gasteiger partial charge in [0.25, 0.3) is 0 Å². The van der Waals surface area contributed by atoms with E-state index in [-0.39, 0.29) is 6.42 Å². The number of carbonyl (C=O) groups is 1. The van der Waals surface area contributed by atoms with Crippen LogP contribution in [0.2, 0.25) is 0 Å². The van der Waals surface area contributed by atoms with Crippen molar-refractivity contribution in [1.29, 1.82) is 0 Å². The number of rotatable bonds is 6. The first kappa shape index (κ1) is 12.7. The third-order valence-corrected chi connectivity index (χ3v) is 3.42. The molecule has 0 amide bonds. The van der Waals surface area contributed by atoms with Crippen LogP contribution in [0.15, 0.2) is 42.7 Å². The van der Waals surface area contributed by atoms with Crippen molar-refractivity contribution in [2.75, 3.05) is 5.75 Å². The van der Waals surface area contributed by atoms with Crippen LogP contribution in [0.25, 0.3) is 5.69 Å². The molecule has 0 aliphatic heterocycles. The molecule has 1 N–H and O–H groups in total. The Kier molecular flexibility index (Phi) is 4.41. The first-order valence-corrected chi connectivity index (χ1v) is 6.79. The summed E-state index contributed by atoms with van der Waals surface area (Å²) in [6, 6.07) is 9.90. The second-order valence-electron chi connectivity index (χ2n) is 3.83. The monoisotopic (exact) mass is 262 g/mol. The molecule has 0 saturated carbocycles. The topological polar surface area (TPSA) is 55.1 Å². The normalized spacial score (nSPS) is 10.4. The van der Waals surface area contributed by atoms with Gasteiger partial charge in [-0.15, -0.1) is 0 Å². The van der Waals surface area contributed by atoms with E-state index in [1.165, 1.54) is 0 Å². The molecule has 1 aromatic carbocycles. The minimum Gasteiger partial charge on any atom is -0.481 e. The fourth-order valence-electron chi connectivity index (χ4n) is 1.51. The number of hydrogen-bond acceptors (Lipinski definition) is 3. The van der Waals surface area contributed by atoms with Crippen LogP contribution >= 0.6 is 11.8 Å². The molecule has 0 radical (unpaired) electrons. The summed E-state index contributed by atoms with van der Waals surface area (Å²) in [5.74, 6) is 0.675. The first-order chi connectivity index (χ1) is 8.75. The largest absolute Gasteiger partial charge is 0.481 e. The van der Waals surface area contributed by atoms with Gasteiger partial charge in [-0.3, -0.25) is 4.79 Å². The molecular weight excluding hydrogens is 248 g/mol. The lowest BCUT2D eigenvalue weighted by molar-refractivity contribution is -0.136. The molecule has 1 aromatic heterocycles. The van der Waals surface area contributed by atoms with Gasteiger partial charge in [-0.1, -0.05) is 18.2 Å². The molecule has 0 aliphatic rings. The second-order valence-corrected chi connectivity index (χ2v) is 4.93. The van der Waals surface area contributed by atoms with Gasteiger partial charge in [0, 0.05) is 23.3 Å². The average Bonchev–Trinajstić information content (AvgIpc) is 2.84. The molecule has 18 heavy (non-hydrogen) atoms. The Morgan fingerprint density at radius 1 is 1.33 bits per heavy atom. The average molecular weight is 262 g/mol. The van der Waals surface area contributed by atoms with E-state index in [0.717, 1.165) is 17.0 Å². The molecule has 0 aliphatic carbocycles. The van der Waals surface area contributed by atoms with Crippen molar-refractivity contribution < 1.29 is 9.90 Å². The summed E-state index contributed by atoms with van der Waals surface area (Å²) in [7, 11) is 0. The van der Waals surface area contributed by atoms with Crippen molar-refractivity contribution in [3.05, 3.63) is 48.3 Å². The fourth-order valence-corrected chi connectivity index (χ4v) is 2.35. The number of thioether (sulfide) groups is 1. The Morgan fingerprint density at radius 3 is 2.83 bits per heavy atom. The van der Waals surface area contributed by atoms with Gasteiger partial charge in [-0.25, -0.2) is 4.68 Å². The number of carboxylic acid groups (broad SMARTS) is 1. The van der Waals surface area contributed by atoms with E-state index in [0.29, 0.717) is 5.75 Å². The van der Waals surface area contributed by atoms with Gasteiger partial charge in [0.2, 0.25) is 0 Å².